The molecule has 1 aromatic carbocycles. The zero-order valence-corrected chi connectivity index (χ0v) is 24.6. The van der Waals surface area contributed by atoms with Gasteiger partial charge in [-0.25, -0.2) is 9.78 Å². The first kappa shape index (κ1) is 27.9. The number of hydrogen-bond acceptors (Lipinski definition) is 7. The number of rotatable bonds is 6. The number of aliphatic hydroxyl groups excluding tert-OH is 1. The van der Waals surface area contributed by atoms with E-state index in [0.29, 0.717) is 54.7 Å². The lowest BCUT2D eigenvalue weighted by atomic mass is 9.89. The number of nitrogens with one attached hydrogen (secondary N) is 1. The average molecular weight is 562 g/mol. The molecule has 3 fully saturated rings. The van der Waals surface area contributed by atoms with Crippen molar-refractivity contribution in [2.75, 3.05) is 25.0 Å². The van der Waals surface area contributed by atoms with Gasteiger partial charge in [-0.15, -0.1) is 0 Å². The summed E-state index contributed by atoms with van der Waals surface area (Å²) in [6.07, 6.45) is 9.39. The summed E-state index contributed by atoms with van der Waals surface area (Å²) in [6.45, 7) is 7.91. The number of aromatic nitrogens is 3. The number of carbonyl (C=O) groups excluding carboxylic acids is 1. The highest BCUT2D eigenvalue weighted by molar-refractivity contribution is 6.04. The Balaban J connectivity index is 1.27. The van der Waals surface area contributed by atoms with Crippen LogP contribution in [0.25, 0.3) is 21.8 Å². The van der Waals surface area contributed by atoms with Crippen LogP contribution < -0.4 is 10.9 Å². The van der Waals surface area contributed by atoms with Crippen LogP contribution in [0.2, 0.25) is 0 Å². The van der Waals surface area contributed by atoms with Crippen LogP contribution >= 0.6 is 0 Å². The molecule has 0 atom stereocenters. The van der Waals surface area contributed by atoms with E-state index in [-0.39, 0.29) is 23.8 Å². The number of pyridine rings is 1. The van der Waals surface area contributed by atoms with Crippen molar-refractivity contribution >= 4 is 33.8 Å². The molecule has 0 spiro atoms. The van der Waals surface area contributed by atoms with Gasteiger partial charge in [-0.2, -0.15) is 4.98 Å². The summed E-state index contributed by atoms with van der Waals surface area (Å²) < 4.78 is 7.44. The molecule has 3 aromatic rings. The van der Waals surface area contributed by atoms with Gasteiger partial charge in [0.05, 0.1) is 6.10 Å². The van der Waals surface area contributed by atoms with Crippen LogP contribution in [0, 0.1) is 11.8 Å². The second-order valence-electron chi connectivity index (χ2n) is 13.4. The third kappa shape index (κ3) is 6.35. The maximum Gasteiger partial charge on any atom is 0.410 e. The summed E-state index contributed by atoms with van der Waals surface area (Å²) in [4.78, 5) is 37.9. The van der Waals surface area contributed by atoms with E-state index in [0.717, 1.165) is 55.0 Å². The van der Waals surface area contributed by atoms with Crippen molar-refractivity contribution in [1.29, 1.82) is 0 Å². The Morgan fingerprint density at radius 2 is 1.73 bits per heavy atom. The first-order valence-electron chi connectivity index (χ1n) is 15.4. The number of piperidine rings is 1. The van der Waals surface area contributed by atoms with Crippen molar-refractivity contribution < 1.29 is 14.6 Å². The zero-order valence-electron chi connectivity index (χ0n) is 24.6. The van der Waals surface area contributed by atoms with Crippen molar-refractivity contribution in [3.05, 3.63) is 40.3 Å². The standard InChI is InChI=1S/C32H43N5O4/c1-32(2,3)41-31(40)36-14-12-20(13-15-36)16-22-6-11-25-26(17-22)29(39)37(23-7-9-24(38)10-8-23)28-27(25)19-34-30(35-28)33-18-21-4-5-21/h6,11,17,19-21,23-24,38H,4-5,7-10,12-16,18H2,1-3H3,(H,33,34,35)/t23-,24-. The van der Waals surface area contributed by atoms with E-state index in [2.05, 4.69) is 28.5 Å². The van der Waals surface area contributed by atoms with Crippen molar-refractivity contribution in [2.45, 2.75) is 96.3 Å². The van der Waals surface area contributed by atoms with Gasteiger partial charge in [0, 0.05) is 42.6 Å². The molecule has 1 aliphatic heterocycles. The normalized spacial score (nSPS) is 22.3. The van der Waals surface area contributed by atoms with E-state index in [4.69, 9.17) is 9.72 Å². The van der Waals surface area contributed by atoms with Crippen LogP contribution in [0.5, 0.6) is 0 Å². The Labute approximate surface area is 241 Å². The summed E-state index contributed by atoms with van der Waals surface area (Å²) in [5.74, 6) is 1.70. The summed E-state index contributed by atoms with van der Waals surface area (Å²) >= 11 is 0. The number of hydrogen-bond donors (Lipinski definition) is 2. The SMILES string of the molecule is CC(C)(C)OC(=O)N1CCC(Cc2ccc3c(c2)c(=O)n([C@H]2CC[C@H](O)CC2)c2nc(NCC4CC4)ncc32)CC1. The summed E-state index contributed by atoms with van der Waals surface area (Å²) in [5.41, 5.74) is 1.31. The number of ether oxygens (including phenoxy) is 1. The largest absolute Gasteiger partial charge is 0.444 e. The second kappa shape index (κ2) is 11.2. The van der Waals surface area contributed by atoms with Crippen LogP contribution in [-0.2, 0) is 11.2 Å². The van der Waals surface area contributed by atoms with Gasteiger partial charge in [0.1, 0.15) is 11.2 Å². The molecule has 1 amide bonds. The maximum absolute atomic E-state index is 14.1. The third-order valence-corrected chi connectivity index (χ3v) is 8.89. The lowest BCUT2D eigenvalue weighted by Crippen LogP contribution is -2.42. The van der Waals surface area contributed by atoms with Gasteiger partial charge in [0.15, 0.2) is 0 Å². The molecule has 1 saturated heterocycles. The molecular formula is C32H43N5O4. The van der Waals surface area contributed by atoms with E-state index in [1.165, 1.54) is 12.8 Å². The van der Waals surface area contributed by atoms with Crippen molar-refractivity contribution in [1.82, 2.24) is 19.4 Å². The molecule has 6 rings (SSSR count). The minimum Gasteiger partial charge on any atom is -0.444 e. The fraction of sp³-hybridized carbons (Fsp3) is 0.625. The average Bonchev–Trinajstić information content (AvgIpc) is 3.77. The predicted molar refractivity (Wildman–Crippen MR) is 160 cm³/mol. The molecule has 0 radical (unpaired) electrons. The number of benzene rings is 1. The number of carbonyl (C=O) groups is 1. The van der Waals surface area contributed by atoms with E-state index in [1.54, 1.807) is 0 Å². The van der Waals surface area contributed by atoms with E-state index in [1.807, 2.05) is 36.4 Å². The molecule has 9 heteroatoms. The predicted octanol–water partition coefficient (Wildman–Crippen LogP) is 5.43. The molecule has 0 unspecified atom stereocenters. The highest BCUT2D eigenvalue weighted by Crippen LogP contribution is 2.33. The van der Waals surface area contributed by atoms with Crippen molar-refractivity contribution in [3.8, 4) is 0 Å². The zero-order chi connectivity index (χ0) is 28.7. The monoisotopic (exact) mass is 561 g/mol. The topological polar surface area (TPSA) is 110 Å². The van der Waals surface area contributed by atoms with Gasteiger partial charge >= 0.3 is 6.09 Å². The van der Waals surface area contributed by atoms with Crippen LogP contribution in [0.1, 0.15) is 83.7 Å². The number of fused-ring (bicyclic) bond motifs is 3. The van der Waals surface area contributed by atoms with Gasteiger partial charge in [-0.1, -0.05) is 12.1 Å². The van der Waals surface area contributed by atoms with Crippen LogP contribution in [0.4, 0.5) is 10.7 Å². The molecule has 220 valence electrons. The first-order chi connectivity index (χ1) is 19.6. The van der Waals surface area contributed by atoms with Gasteiger partial charge in [-0.05, 0) is 107 Å². The molecular weight excluding hydrogens is 518 g/mol. The Bertz CT molecular complexity index is 1480. The number of likely N-dealkylation sites (tertiary alicyclic amines) is 1. The Morgan fingerprint density at radius 1 is 1.00 bits per heavy atom. The fourth-order valence-corrected chi connectivity index (χ4v) is 6.38. The fourth-order valence-electron chi connectivity index (χ4n) is 6.38. The molecule has 3 aliphatic rings. The molecule has 9 nitrogen and oxygen atoms in total. The van der Waals surface area contributed by atoms with E-state index >= 15 is 0 Å². The lowest BCUT2D eigenvalue weighted by Gasteiger charge is -2.33. The minimum atomic E-state index is -0.493. The first-order valence-corrected chi connectivity index (χ1v) is 15.4. The highest BCUT2D eigenvalue weighted by atomic mass is 16.6. The number of aliphatic hydroxyl groups is 1. The molecule has 2 saturated carbocycles. The van der Waals surface area contributed by atoms with Gasteiger partial charge in [-0.3, -0.25) is 9.36 Å². The quantitative estimate of drug-likeness (QED) is 0.386. The Hall–Kier alpha value is -3.20. The highest BCUT2D eigenvalue weighted by Gasteiger charge is 2.28. The smallest absolute Gasteiger partial charge is 0.410 e. The lowest BCUT2D eigenvalue weighted by molar-refractivity contribution is 0.0184. The molecule has 41 heavy (non-hydrogen) atoms. The second-order valence-corrected chi connectivity index (χ2v) is 13.4. The summed E-state index contributed by atoms with van der Waals surface area (Å²) in [5, 5.41) is 16.0. The van der Waals surface area contributed by atoms with Crippen molar-refractivity contribution in [2.24, 2.45) is 11.8 Å². The van der Waals surface area contributed by atoms with Crippen LogP contribution in [0.3, 0.4) is 0 Å². The number of anilines is 1. The maximum atomic E-state index is 14.1. The molecule has 2 aromatic heterocycles. The van der Waals surface area contributed by atoms with Crippen LogP contribution in [-0.4, -0.2) is 62.0 Å². The van der Waals surface area contributed by atoms with E-state index in [9.17, 15) is 14.7 Å². The van der Waals surface area contributed by atoms with Gasteiger partial charge in [0.2, 0.25) is 5.95 Å². The Morgan fingerprint density at radius 3 is 2.41 bits per heavy atom. The van der Waals surface area contributed by atoms with Crippen LogP contribution in [0.15, 0.2) is 29.2 Å². The van der Waals surface area contributed by atoms with E-state index < -0.39 is 5.60 Å². The summed E-state index contributed by atoms with van der Waals surface area (Å²) in [7, 11) is 0. The van der Waals surface area contributed by atoms with Gasteiger partial charge in [0.25, 0.3) is 5.56 Å². The number of amides is 1. The van der Waals surface area contributed by atoms with Gasteiger partial charge < -0.3 is 20.1 Å². The summed E-state index contributed by atoms with van der Waals surface area (Å²) in [6, 6.07) is 6.25. The Kier molecular flexibility index (Phi) is 7.66. The van der Waals surface area contributed by atoms with Crippen molar-refractivity contribution in [3.63, 3.8) is 0 Å². The minimum absolute atomic E-state index is 0.00446. The molecule has 0 bridgehead atoms. The third-order valence-electron chi connectivity index (χ3n) is 8.89. The molecule has 2 N–H and O–H groups in total. The molecule has 3 heterocycles. The number of nitrogens with zero attached hydrogens (tertiary/aromatic N) is 4. The molecule has 2 aliphatic carbocycles.